The molecule has 0 aliphatic heterocycles. The number of hydrogen-bond donors (Lipinski definition) is 2. The Morgan fingerprint density at radius 2 is 1.91 bits per heavy atom. The summed E-state index contributed by atoms with van der Waals surface area (Å²) in [7, 11) is -1.87. The Labute approximate surface area is 140 Å². The quantitative estimate of drug-likeness (QED) is 0.580. The number of sulfonamides is 1. The number of halogens is 1. The van der Waals surface area contributed by atoms with E-state index in [-0.39, 0.29) is 48.7 Å². The molecule has 0 unspecified atom stereocenters. The number of nitrogens with two attached hydrogens (primary N) is 1. The summed E-state index contributed by atoms with van der Waals surface area (Å²) in [5, 5.41) is 0. The second-order valence-electron chi connectivity index (χ2n) is 6.18. The van der Waals surface area contributed by atoms with Gasteiger partial charge in [0.1, 0.15) is 0 Å². The van der Waals surface area contributed by atoms with E-state index >= 15 is 0 Å². The van der Waals surface area contributed by atoms with E-state index in [0.29, 0.717) is 13.1 Å². The van der Waals surface area contributed by atoms with E-state index in [1.165, 1.54) is 4.90 Å². The number of ether oxygens (including phenoxy) is 1. The lowest BCUT2D eigenvalue weighted by atomic mass is 9.93. The number of nitrogens with zero attached hydrogens (tertiary/aromatic N) is 1. The van der Waals surface area contributed by atoms with Crippen molar-refractivity contribution >= 4 is 28.3 Å². The van der Waals surface area contributed by atoms with Crippen LogP contribution in [0.4, 0.5) is 0 Å². The van der Waals surface area contributed by atoms with Crippen LogP contribution >= 0.6 is 12.4 Å². The van der Waals surface area contributed by atoms with E-state index in [9.17, 15) is 13.2 Å². The summed E-state index contributed by atoms with van der Waals surface area (Å²) in [4.78, 5) is 13.4. The van der Waals surface area contributed by atoms with E-state index in [0.717, 1.165) is 0 Å². The summed E-state index contributed by atoms with van der Waals surface area (Å²) in [6, 6.07) is 0. The Morgan fingerprint density at radius 3 is 2.36 bits per heavy atom. The van der Waals surface area contributed by atoms with Gasteiger partial charge in [-0.3, -0.25) is 4.79 Å². The second kappa shape index (κ2) is 10.4. The van der Waals surface area contributed by atoms with Gasteiger partial charge in [-0.15, -0.1) is 12.4 Å². The van der Waals surface area contributed by atoms with Gasteiger partial charge in [-0.05, 0) is 25.8 Å². The molecular formula is C13H30ClN3O4S. The first kappa shape index (κ1) is 23.9. The number of likely N-dealkylation sites (N-methyl/N-ethyl adjacent to an activating group) is 1. The molecule has 0 heterocycles. The fourth-order valence-corrected chi connectivity index (χ4v) is 2.37. The molecule has 0 aliphatic rings. The van der Waals surface area contributed by atoms with Gasteiger partial charge in [-0.25, -0.2) is 13.1 Å². The normalized spacial score (nSPS) is 12.1. The molecule has 0 aromatic carbocycles. The maximum Gasteiger partial charge on any atom is 0.237 e. The number of hydrogen-bond acceptors (Lipinski definition) is 5. The van der Waals surface area contributed by atoms with Crippen LogP contribution in [0.25, 0.3) is 0 Å². The highest BCUT2D eigenvalue weighted by molar-refractivity contribution is 7.89. The summed E-state index contributed by atoms with van der Waals surface area (Å²) in [6.07, 6.45) is -0.0218. The fourth-order valence-electron chi connectivity index (χ4n) is 1.57. The fraction of sp³-hybridized carbons (Fsp3) is 0.923. The van der Waals surface area contributed by atoms with Crippen molar-refractivity contribution in [3.63, 3.8) is 0 Å². The average molecular weight is 360 g/mol. The Bertz CT molecular complexity index is 427. The monoisotopic (exact) mass is 359 g/mol. The maximum absolute atomic E-state index is 11.9. The Morgan fingerprint density at radius 1 is 1.36 bits per heavy atom. The zero-order valence-corrected chi connectivity index (χ0v) is 15.7. The number of rotatable bonds is 10. The van der Waals surface area contributed by atoms with Crippen molar-refractivity contribution in [2.75, 3.05) is 39.0 Å². The molecule has 22 heavy (non-hydrogen) atoms. The molecule has 9 heteroatoms. The van der Waals surface area contributed by atoms with Crippen LogP contribution in [0.2, 0.25) is 0 Å². The summed E-state index contributed by atoms with van der Waals surface area (Å²) >= 11 is 0. The molecule has 0 fully saturated rings. The molecule has 0 saturated carbocycles. The standard InChI is InChI=1S/C13H29N3O4S.ClH/c1-11(2)20-6-7-21(18,19)15-8-12(17)16(5)10-13(3,4)9-14;/h11,15H,6-10,14H2,1-5H3;1H. The first-order chi connectivity index (χ1) is 9.49. The number of nitrogens with one attached hydrogen (secondary N) is 1. The third-order valence-corrected chi connectivity index (χ3v) is 4.18. The lowest BCUT2D eigenvalue weighted by Crippen LogP contribution is -2.44. The van der Waals surface area contributed by atoms with Gasteiger partial charge in [-0.2, -0.15) is 0 Å². The number of carbonyl (C=O) groups excluding carboxylic acids is 1. The van der Waals surface area contributed by atoms with Crippen molar-refractivity contribution in [3.8, 4) is 0 Å². The van der Waals surface area contributed by atoms with Crippen LogP contribution in [0.1, 0.15) is 27.7 Å². The maximum atomic E-state index is 11.9. The molecule has 1 amide bonds. The first-order valence-electron chi connectivity index (χ1n) is 7.02. The summed E-state index contributed by atoms with van der Waals surface area (Å²) in [6.45, 7) is 8.34. The van der Waals surface area contributed by atoms with Crippen LogP contribution < -0.4 is 10.5 Å². The zero-order chi connectivity index (χ0) is 16.7. The average Bonchev–Trinajstić information content (AvgIpc) is 2.34. The van der Waals surface area contributed by atoms with E-state index < -0.39 is 10.0 Å². The minimum atomic E-state index is -3.50. The smallest absolute Gasteiger partial charge is 0.237 e. The molecule has 0 aromatic heterocycles. The van der Waals surface area contributed by atoms with E-state index in [2.05, 4.69) is 4.72 Å². The van der Waals surface area contributed by atoms with Gasteiger partial charge in [0, 0.05) is 13.6 Å². The molecule has 0 aliphatic carbocycles. The minimum absolute atomic E-state index is 0. The Hall–Kier alpha value is -0.410. The van der Waals surface area contributed by atoms with Crippen molar-refractivity contribution in [3.05, 3.63) is 0 Å². The summed E-state index contributed by atoms with van der Waals surface area (Å²) < 4.78 is 30.9. The zero-order valence-electron chi connectivity index (χ0n) is 14.1. The predicted molar refractivity (Wildman–Crippen MR) is 90.6 cm³/mol. The highest BCUT2D eigenvalue weighted by atomic mass is 35.5. The molecule has 0 atom stereocenters. The van der Waals surface area contributed by atoms with E-state index in [1.54, 1.807) is 7.05 Å². The molecule has 0 rings (SSSR count). The van der Waals surface area contributed by atoms with Gasteiger partial charge in [0.2, 0.25) is 15.9 Å². The van der Waals surface area contributed by atoms with Crippen molar-refractivity contribution in [1.29, 1.82) is 0 Å². The van der Waals surface area contributed by atoms with Gasteiger partial charge in [0.05, 0.1) is 25.0 Å². The Balaban J connectivity index is 0. The van der Waals surface area contributed by atoms with Crippen LogP contribution in [0, 0.1) is 5.41 Å². The van der Waals surface area contributed by atoms with Gasteiger partial charge < -0.3 is 15.4 Å². The third kappa shape index (κ3) is 11.2. The molecule has 3 N–H and O–H groups in total. The number of carbonyl (C=O) groups is 1. The van der Waals surface area contributed by atoms with E-state index in [4.69, 9.17) is 10.5 Å². The molecule has 0 spiro atoms. The van der Waals surface area contributed by atoms with Crippen LogP contribution in [-0.4, -0.2) is 64.4 Å². The minimum Gasteiger partial charge on any atom is -0.378 e. The lowest BCUT2D eigenvalue weighted by Gasteiger charge is -2.29. The van der Waals surface area contributed by atoms with Crippen LogP contribution in [0.5, 0.6) is 0 Å². The molecule has 0 radical (unpaired) electrons. The SMILES string of the molecule is CC(C)OCCS(=O)(=O)NCC(=O)N(C)CC(C)(C)CN.Cl. The summed E-state index contributed by atoms with van der Waals surface area (Å²) in [5.41, 5.74) is 5.41. The van der Waals surface area contributed by atoms with Gasteiger partial charge in [-0.1, -0.05) is 13.8 Å². The second-order valence-corrected chi connectivity index (χ2v) is 8.10. The number of amides is 1. The molecular weight excluding hydrogens is 330 g/mol. The lowest BCUT2D eigenvalue weighted by molar-refractivity contribution is -0.129. The van der Waals surface area contributed by atoms with Crippen LogP contribution in [-0.2, 0) is 19.6 Å². The van der Waals surface area contributed by atoms with Crippen molar-refractivity contribution in [2.45, 2.75) is 33.8 Å². The van der Waals surface area contributed by atoms with Crippen molar-refractivity contribution in [2.24, 2.45) is 11.1 Å². The van der Waals surface area contributed by atoms with E-state index in [1.807, 2.05) is 27.7 Å². The largest absolute Gasteiger partial charge is 0.378 e. The van der Waals surface area contributed by atoms with Crippen molar-refractivity contribution in [1.82, 2.24) is 9.62 Å². The van der Waals surface area contributed by atoms with Gasteiger partial charge in [0.25, 0.3) is 0 Å². The predicted octanol–water partition coefficient (Wildman–Crippen LogP) is 0.196. The molecule has 134 valence electrons. The van der Waals surface area contributed by atoms with Crippen LogP contribution in [0.15, 0.2) is 0 Å². The van der Waals surface area contributed by atoms with Gasteiger partial charge >= 0.3 is 0 Å². The topological polar surface area (TPSA) is 102 Å². The molecule has 0 saturated heterocycles. The highest BCUT2D eigenvalue weighted by Gasteiger charge is 2.22. The Kier molecular flexibility index (Phi) is 11.3. The first-order valence-corrected chi connectivity index (χ1v) is 8.67. The van der Waals surface area contributed by atoms with Crippen LogP contribution in [0.3, 0.4) is 0 Å². The third-order valence-electron chi connectivity index (χ3n) is 2.89. The summed E-state index contributed by atoms with van der Waals surface area (Å²) in [5.74, 6) is -0.443. The van der Waals surface area contributed by atoms with Crippen molar-refractivity contribution < 1.29 is 17.9 Å². The molecule has 0 bridgehead atoms. The highest BCUT2D eigenvalue weighted by Crippen LogP contribution is 2.13. The molecule has 0 aromatic rings. The molecule has 7 nitrogen and oxygen atoms in total. The van der Waals surface area contributed by atoms with Gasteiger partial charge in [0.15, 0.2) is 0 Å².